The van der Waals surface area contributed by atoms with Gasteiger partial charge in [0.25, 0.3) is 11.8 Å². The van der Waals surface area contributed by atoms with E-state index in [0.717, 1.165) is 56.6 Å². The third-order valence-electron chi connectivity index (χ3n) is 8.41. The molecule has 9 nitrogen and oxygen atoms in total. The van der Waals surface area contributed by atoms with Gasteiger partial charge < -0.3 is 19.7 Å². The molecule has 4 heterocycles. The van der Waals surface area contributed by atoms with Crippen molar-refractivity contribution in [1.82, 2.24) is 20.0 Å². The molecule has 0 aliphatic carbocycles. The number of piperidine rings is 1. The number of esters is 1. The van der Waals surface area contributed by atoms with Crippen LogP contribution in [-0.2, 0) is 28.9 Å². The van der Waals surface area contributed by atoms with Gasteiger partial charge in [-0.3, -0.25) is 14.3 Å². The van der Waals surface area contributed by atoms with E-state index >= 15 is 0 Å². The van der Waals surface area contributed by atoms with E-state index in [2.05, 4.69) is 5.32 Å². The number of nitrogens with one attached hydrogen (secondary N) is 1. The van der Waals surface area contributed by atoms with Gasteiger partial charge in [0, 0.05) is 50.9 Å². The van der Waals surface area contributed by atoms with Crippen molar-refractivity contribution < 1.29 is 23.9 Å². The molecule has 9 heteroatoms. The number of nitrogens with zero attached hydrogens (tertiary/aromatic N) is 3. The second-order valence-corrected chi connectivity index (χ2v) is 11.4. The highest BCUT2D eigenvalue weighted by molar-refractivity contribution is 5.97. The summed E-state index contributed by atoms with van der Waals surface area (Å²) in [5, 5.41) is 7.97. The lowest BCUT2D eigenvalue weighted by atomic mass is 9.76. The maximum Gasteiger partial charge on any atom is 0.338 e. The third kappa shape index (κ3) is 6.03. The molecule has 1 aromatic carbocycles. The van der Waals surface area contributed by atoms with E-state index in [9.17, 15) is 14.4 Å². The normalized spacial score (nSPS) is 19.6. The molecular formula is C30H40N4O5. The van der Waals surface area contributed by atoms with Gasteiger partial charge in [-0.05, 0) is 74.6 Å². The molecule has 2 fully saturated rings. The fraction of sp³-hybridized carbons (Fsp3) is 0.600. The maximum absolute atomic E-state index is 13.0. The molecule has 5 rings (SSSR count). The average molecular weight is 537 g/mol. The maximum atomic E-state index is 13.0. The Balaban J connectivity index is 1.22. The molecule has 3 aliphatic heterocycles. The van der Waals surface area contributed by atoms with E-state index in [0.29, 0.717) is 49.4 Å². The predicted octanol–water partition coefficient (Wildman–Crippen LogP) is 3.65. The first-order chi connectivity index (χ1) is 18.9. The Labute approximate surface area is 230 Å². The topological polar surface area (TPSA) is 103 Å². The first-order valence-electron chi connectivity index (χ1n) is 14.4. The Morgan fingerprint density at radius 1 is 1.10 bits per heavy atom. The van der Waals surface area contributed by atoms with E-state index in [1.165, 1.54) is 6.42 Å². The first-order valence-corrected chi connectivity index (χ1v) is 14.4. The monoisotopic (exact) mass is 536 g/mol. The molecule has 2 aromatic rings. The van der Waals surface area contributed by atoms with E-state index in [1.807, 2.05) is 23.4 Å². The zero-order chi connectivity index (χ0) is 27.4. The van der Waals surface area contributed by atoms with Gasteiger partial charge in [0.05, 0.1) is 29.1 Å². The lowest BCUT2D eigenvalue weighted by Crippen LogP contribution is -2.41. The molecule has 1 spiro atoms. The number of rotatable bonds is 7. The summed E-state index contributed by atoms with van der Waals surface area (Å²) in [5.74, 6) is -0.436. The quantitative estimate of drug-likeness (QED) is 0.542. The molecule has 3 aliphatic rings. The van der Waals surface area contributed by atoms with Crippen molar-refractivity contribution in [3.63, 3.8) is 0 Å². The number of carbonyl (C=O) groups excluding carboxylic acids is 3. The summed E-state index contributed by atoms with van der Waals surface area (Å²) in [6, 6.07) is 6.74. The van der Waals surface area contributed by atoms with Crippen LogP contribution in [0.1, 0.15) is 88.4 Å². The molecular weight excluding hydrogens is 496 g/mol. The fourth-order valence-corrected chi connectivity index (χ4v) is 6.00. The van der Waals surface area contributed by atoms with Gasteiger partial charge in [-0.15, -0.1) is 0 Å². The number of aromatic nitrogens is 2. The molecule has 1 atom stereocenters. The molecule has 0 saturated carbocycles. The lowest BCUT2D eigenvalue weighted by molar-refractivity contribution is 0.0151. The molecule has 2 saturated heterocycles. The Hall–Kier alpha value is -3.20. The zero-order valence-corrected chi connectivity index (χ0v) is 23.2. The molecule has 0 radical (unpaired) electrons. The summed E-state index contributed by atoms with van der Waals surface area (Å²) >= 11 is 0. The highest BCUT2D eigenvalue weighted by atomic mass is 16.5. The number of carbonyl (C=O) groups is 3. The summed E-state index contributed by atoms with van der Waals surface area (Å²) < 4.78 is 13.2. The SMILES string of the molecule is CCc1nn(CC(C)COC(=O)c2ccc(C(=O)N3CCCCC3)cc2)c2c1C(=O)NCC1(CCOCC1)C2. The number of hydrogen-bond donors (Lipinski definition) is 1. The van der Waals surface area contributed by atoms with E-state index in [1.54, 1.807) is 24.3 Å². The van der Waals surface area contributed by atoms with Gasteiger partial charge in [0.15, 0.2) is 0 Å². The lowest BCUT2D eigenvalue weighted by Gasteiger charge is -2.36. The number of aryl methyl sites for hydroxylation is 1. The van der Waals surface area contributed by atoms with Crippen molar-refractivity contribution in [2.24, 2.45) is 11.3 Å². The van der Waals surface area contributed by atoms with Crippen LogP contribution < -0.4 is 5.32 Å². The Bertz CT molecular complexity index is 1190. The standard InChI is InChI=1S/C30H40N4O5/c1-3-24-26-25(17-30(20-31-27(26)35)11-15-38-16-12-30)34(32-24)18-21(2)19-39-29(37)23-9-7-22(8-10-23)28(36)33-13-5-4-6-14-33/h7-10,21H,3-6,11-20H2,1-2H3,(H,31,35). The molecule has 1 N–H and O–H groups in total. The molecule has 0 bridgehead atoms. The van der Waals surface area contributed by atoms with E-state index in [4.69, 9.17) is 14.6 Å². The summed E-state index contributed by atoms with van der Waals surface area (Å²) in [6.45, 7) is 8.48. The van der Waals surface area contributed by atoms with Crippen LogP contribution in [0.25, 0.3) is 0 Å². The van der Waals surface area contributed by atoms with Crippen LogP contribution in [0.15, 0.2) is 24.3 Å². The van der Waals surface area contributed by atoms with Gasteiger partial charge in [-0.25, -0.2) is 4.79 Å². The zero-order valence-electron chi connectivity index (χ0n) is 23.2. The van der Waals surface area contributed by atoms with Crippen LogP contribution in [0.4, 0.5) is 0 Å². The average Bonchev–Trinajstić information content (AvgIpc) is 3.24. The van der Waals surface area contributed by atoms with Crippen molar-refractivity contribution in [1.29, 1.82) is 0 Å². The first kappa shape index (κ1) is 27.4. The Morgan fingerprint density at radius 2 is 1.79 bits per heavy atom. The van der Waals surface area contributed by atoms with Gasteiger partial charge in [-0.1, -0.05) is 13.8 Å². The van der Waals surface area contributed by atoms with Crippen LogP contribution in [0.5, 0.6) is 0 Å². The summed E-state index contributed by atoms with van der Waals surface area (Å²) in [6.07, 6.45) is 6.53. The van der Waals surface area contributed by atoms with Crippen molar-refractivity contribution in [2.45, 2.75) is 65.3 Å². The van der Waals surface area contributed by atoms with E-state index in [-0.39, 0.29) is 29.8 Å². The van der Waals surface area contributed by atoms with Crippen LogP contribution in [-0.4, -0.2) is 71.9 Å². The van der Waals surface area contributed by atoms with Gasteiger partial charge in [-0.2, -0.15) is 5.10 Å². The van der Waals surface area contributed by atoms with Crippen molar-refractivity contribution >= 4 is 17.8 Å². The predicted molar refractivity (Wildman–Crippen MR) is 146 cm³/mol. The number of benzene rings is 1. The second kappa shape index (κ2) is 11.9. The smallest absolute Gasteiger partial charge is 0.338 e. The number of likely N-dealkylation sites (tertiary alicyclic amines) is 1. The third-order valence-corrected chi connectivity index (χ3v) is 8.41. The minimum atomic E-state index is -0.409. The molecule has 210 valence electrons. The minimum Gasteiger partial charge on any atom is -0.462 e. The Morgan fingerprint density at radius 3 is 2.49 bits per heavy atom. The fourth-order valence-electron chi connectivity index (χ4n) is 6.00. The van der Waals surface area contributed by atoms with Crippen molar-refractivity contribution in [3.05, 3.63) is 52.3 Å². The number of ether oxygens (including phenoxy) is 2. The highest BCUT2D eigenvalue weighted by Gasteiger charge is 2.39. The highest BCUT2D eigenvalue weighted by Crippen LogP contribution is 2.37. The van der Waals surface area contributed by atoms with Crippen LogP contribution in [0.2, 0.25) is 0 Å². The van der Waals surface area contributed by atoms with Gasteiger partial charge >= 0.3 is 5.97 Å². The van der Waals surface area contributed by atoms with Crippen LogP contribution >= 0.6 is 0 Å². The summed E-state index contributed by atoms with van der Waals surface area (Å²) in [4.78, 5) is 40.4. The largest absolute Gasteiger partial charge is 0.462 e. The molecule has 2 amide bonds. The number of hydrogen-bond acceptors (Lipinski definition) is 6. The molecule has 1 aromatic heterocycles. The second-order valence-electron chi connectivity index (χ2n) is 11.4. The number of amides is 2. The molecule has 1 unspecified atom stereocenters. The molecule has 39 heavy (non-hydrogen) atoms. The summed E-state index contributed by atoms with van der Waals surface area (Å²) in [7, 11) is 0. The van der Waals surface area contributed by atoms with Crippen LogP contribution in [0.3, 0.4) is 0 Å². The van der Waals surface area contributed by atoms with Crippen molar-refractivity contribution in [3.8, 4) is 0 Å². The van der Waals surface area contributed by atoms with Crippen LogP contribution in [0, 0.1) is 11.3 Å². The van der Waals surface area contributed by atoms with Gasteiger partial charge in [0.1, 0.15) is 0 Å². The van der Waals surface area contributed by atoms with Gasteiger partial charge in [0.2, 0.25) is 0 Å². The van der Waals surface area contributed by atoms with E-state index < -0.39 is 5.97 Å². The number of fused-ring (bicyclic) bond motifs is 1. The Kier molecular flexibility index (Phi) is 8.35. The summed E-state index contributed by atoms with van der Waals surface area (Å²) in [5.41, 5.74) is 3.52. The minimum absolute atomic E-state index is 0.000405. The van der Waals surface area contributed by atoms with Crippen molar-refractivity contribution in [2.75, 3.05) is 39.5 Å².